The highest BCUT2D eigenvalue weighted by Gasteiger charge is 2.20. The van der Waals surface area contributed by atoms with Crippen LogP contribution >= 0.6 is 11.3 Å². The molecule has 0 fully saturated rings. The fourth-order valence-corrected chi connectivity index (χ4v) is 11.6. The number of hydrogen-bond acceptors (Lipinski definition) is 4. The van der Waals surface area contributed by atoms with E-state index in [2.05, 4.69) is 211 Å². The molecule has 3 aromatic heterocycles. The average molecular weight is 909 g/mol. The third-order valence-corrected chi connectivity index (χ3v) is 15.0. The summed E-state index contributed by atoms with van der Waals surface area (Å²) in [6.45, 7) is 0. The van der Waals surface area contributed by atoms with Crippen LogP contribution in [0.25, 0.3) is 137 Å². The lowest BCUT2D eigenvalue weighted by atomic mass is 9.93. The minimum absolute atomic E-state index is 0.625. The summed E-state index contributed by atoms with van der Waals surface area (Å²) in [5, 5.41) is 10.1. The molecule has 0 bridgehead atoms. The molecule has 326 valence electrons. The molecule has 0 saturated carbocycles. The molecule has 5 heteroatoms. The number of rotatable bonds is 7. The highest BCUT2D eigenvalue weighted by atomic mass is 32.1. The van der Waals surface area contributed by atoms with Gasteiger partial charge in [0.15, 0.2) is 17.5 Å². The van der Waals surface area contributed by atoms with Crippen molar-refractivity contribution < 1.29 is 0 Å². The van der Waals surface area contributed by atoms with Gasteiger partial charge in [-0.05, 0) is 116 Å². The maximum absolute atomic E-state index is 5.11. The molecule has 0 saturated heterocycles. The number of thiophene rings is 1. The quantitative estimate of drug-likeness (QED) is 0.160. The molecule has 0 aliphatic rings. The second-order valence-electron chi connectivity index (χ2n) is 17.9. The summed E-state index contributed by atoms with van der Waals surface area (Å²) >= 11 is 1.88. The van der Waals surface area contributed by atoms with Gasteiger partial charge in [0.1, 0.15) is 0 Å². The van der Waals surface area contributed by atoms with Crippen LogP contribution in [-0.4, -0.2) is 19.5 Å². The van der Waals surface area contributed by atoms with E-state index in [4.69, 9.17) is 15.0 Å². The van der Waals surface area contributed by atoms with Crippen molar-refractivity contribution in [2.45, 2.75) is 0 Å². The zero-order valence-corrected chi connectivity index (χ0v) is 38.6. The zero-order valence-electron chi connectivity index (χ0n) is 37.8. The molecule has 3 heterocycles. The van der Waals surface area contributed by atoms with Crippen LogP contribution in [0.15, 0.2) is 243 Å². The molecule has 14 aromatic rings. The van der Waals surface area contributed by atoms with Gasteiger partial charge in [0.25, 0.3) is 0 Å². The topological polar surface area (TPSA) is 43.6 Å². The minimum atomic E-state index is 0.625. The van der Waals surface area contributed by atoms with Crippen LogP contribution in [0.4, 0.5) is 0 Å². The molecular weight excluding hydrogens is 869 g/mol. The van der Waals surface area contributed by atoms with E-state index >= 15 is 0 Å². The van der Waals surface area contributed by atoms with Crippen molar-refractivity contribution in [1.82, 2.24) is 19.5 Å². The van der Waals surface area contributed by atoms with Crippen molar-refractivity contribution in [3.63, 3.8) is 0 Å². The van der Waals surface area contributed by atoms with Gasteiger partial charge in [-0.2, -0.15) is 0 Å². The van der Waals surface area contributed by atoms with Gasteiger partial charge in [0, 0.05) is 53.3 Å². The fraction of sp³-hybridized carbons (Fsp3) is 0. The lowest BCUT2D eigenvalue weighted by Gasteiger charge is -2.12. The molecule has 0 atom stereocenters. The lowest BCUT2D eigenvalue weighted by Crippen LogP contribution is -2.00. The van der Waals surface area contributed by atoms with Gasteiger partial charge in [-0.3, -0.25) is 0 Å². The predicted octanol–water partition coefficient (Wildman–Crippen LogP) is 17.6. The van der Waals surface area contributed by atoms with Gasteiger partial charge >= 0.3 is 0 Å². The molecule has 0 spiro atoms. The summed E-state index contributed by atoms with van der Waals surface area (Å²) in [4.78, 5) is 15.2. The van der Waals surface area contributed by atoms with E-state index in [0.29, 0.717) is 17.5 Å². The third-order valence-electron chi connectivity index (χ3n) is 13.9. The second kappa shape index (κ2) is 16.3. The molecule has 4 nitrogen and oxygen atoms in total. The van der Waals surface area contributed by atoms with E-state index in [1.54, 1.807) is 0 Å². The van der Waals surface area contributed by atoms with Crippen molar-refractivity contribution in [1.29, 1.82) is 0 Å². The van der Waals surface area contributed by atoms with Crippen LogP contribution < -0.4 is 0 Å². The summed E-state index contributed by atoms with van der Waals surface area (Å²) in [6, 6.07) is 87.1. The Morgan fingerprint density at radius 3 is 1.46 bits per heavy atom. The highest BCUT2D eigenvalue weighted by molar-refractivity contribution is 7.26. The first-order chi connectivity index (χ1) is 34.7. The van der Waals surface area contributed by atoms with Crippen molar-refractivity contribution in [3.8, 4) is 73.2 Å². The first-order valence-electron chi connectivity index (χ1n) is 23.7. The van der Waals surface area contributed by atoms with Crippen LogP contribution in [0.5, 0.6) is 0 Å². The molecule has 0 amide bonds. The van der Waals surface area contributed by atoms with Crippen molar-refractivity contribution in [3.05, 3.63) is 243 Å². The van der Waals surface area contributed by atoms with Gasteiger partial charge < -0.3 is 4.57 Å². The van der Waals surface area contributed by atoms with Crippen LogP contribution in [0.1, 0.15) is 0 Å². The van der Waals surface area contributed by atoms with Gasteiger partial charge in [0.05, 0.1) is 11.0 Å². The van der Waals surface area contributed by atoms with Crippen LogP contribution in [0, 0.1) is 0 Å². The lowest BCUT2D eigenvalue weighted by molar-refractivity contribution is 1.07. The Balaban J connectivity index is 0.900. The van der Waals surface area contributed by atoms with E-state index in [1.165, 1.54) is 80.3 Å². The Hall–Kier alpha value is -9.03. The first-order valence-corrected chi connectivity index (χ1v) is 24.5. The second-order valence-corrected chi connectivity index (χ2v) is 19.0. The first kappa shape index (κ1) is 40.1. The normalized spacial score (nSPS) is 11.7. The fourth-order valence-electron chi connectivity index (χ4n) is 10.5. The van der Waals surface area contributed by atoms with Gasteiger partial charge in [0.2, 0.25) is 0 Å². The molecule has 0 radical (unpaired) electrons. The minimum Gasteiger partial charge on any atom is -0.309 e. The number of hydrogen-bond donors (Lipinski definition) is 0. The highest BCUT2D eigenvalue weighted by Crippen LogP contribution is 2.46. The molecule has 11 aromatic carbocycles. The van der Waals surface area contributed by atoms with Gasteiger partial charge in [-0.25, -0.2) is 15.0 Å². The number of benzene rings is 11. The molecule has 14 rings (SSSR count). The van der Waals surface area contributed by atoms with Crippen LogP contribution in [0.3, 0.4) is 0 Å². The number of nitrogens with zero attached hydrogens (tertiary/aromatic N) is 4. The maximum Gasteiger partial charge on any atom is 0.164 e. The van der Waals surface area contributed by atoms with Crippen molar-refractivity contribution in [2.24, 2.45) is 0 Å². The number of fused-ring (bicyclic) bond motifs is 10. The summed E-state index contributed by atoms with van der Waals surface area (Å²) in [5.74, 6) is 1.90. The van der Waals surface area contributed by atoms with Crippen LogP contribution in [0.2, 0.25) is 0 Å². The van der Waals surface area contributed by atoms with Gasteiger partial charge in [-0.15, -0.1) is 11.3 Å². The Kier molecular flexibility index (Phi) is 9.36. The Morgan fingerprint density at radius 2 is 0.771 bits per heavy atom. The largest absolute Gasteiger partial charge is 0.309 e. The Bertz CT molecular complexity index is 4310. The molecule has 0 unspecified atom stereocenters. The Labute approximate surface area is 408 Å². The summed E-state index contributed by atoms with van der Waals surface area (Å²) in [7, 11) is 0. The van der Waals surface area contributed by atoms with E-state index in [1.807, 2.05) is 47.7 Å². The number of aromatic nitrogens is 4. The van der Waals surface area contributed by atoms with Crippen molar-refractivity contribution in [2.75, 3.05) is 0 Å². The smallest absolute Gasteiger partial charge is 0.164 e. The molecular formula is C65H40N4S. The van der Waals surface area contributed by atoms with Gasteiger partial charge in [-0.1, -0.05) is 182 Å². The molecule has 0 N–H and O–H groups in total. The molecule has 70 heavy (non-hydrogen) atoms. The Morgan fingerprint density at radius 1 is 0.286 bits per heavy atom. The predicted molar refractivity (Wildman–Crippen MR) is 295 cm³/mol. The summed E-state index contributed by atoms with van der Waals surface area (Å²) in [5.41, 5.74) is 13.4. The third kappa shape index (κ3) is 6.70. The van der Waals surface area contributed by atoms with Crippen LogP contribution in [-0.2, 0) is 0 Å². The summed E-state index contributed by atoms with van der Waals surface area (Å²) in [6.07, 6.45) is 0. The molecule has 0 aliphatic heterocycles. The SMILES string of the molecule is c1ccc(-c2ccc(-c3nc(-c4ccccc4)nc(-c4ccc(-n5c6ccc(-c7cc8sc9ccc(-c%10ccccc%10)cc9c8c8ccccc78)cc6c6c7ccccc7ccc65)cc4)n3)cc2)cc1. The van der Waals surface area contributed by atoms with E-state index in [9.17, 15) is 0 Å². The van der Waals surface area contributed by atoms with E-state index < -0.39 is 0 Å². The van der Waals surface area contributed by atoms with E-state index in [-0.39, 0.29) is 0 Å². The van der Waals surface area contributed by atoms with E-state index in [0.717, 1.165) is 39.0 Å². The zero-order chi connectivity index (χ0) is 46.1. The standard InChI is InChI=1S/C65H40N4S/c1-4-14-41(15-5-1)43-24-26-46(27-25-43)64-66-63(45-19-8-3-9-20-45)67-65(68-64)47-28-33-50(34-29-47)69-57-35-31-49(39-55(57)61-51-21-11-10-18-44(51)30-36-58(61)69)54-40-60-62(53-23-13-12-22-52(53)54)56-38-48(32-37-59(56)70-60)42-16-6-2-7-17-42/h1-40H. The van der Waals surface area contributed by atoms with Crippen molar-refractivity contribution >= 4 is 74.9 Å². The maximum atomic E-state index is 5.11. The molecule has 0 aliphatic carbocycles. The average Bonchev–Trinajstić information content (AvgIpc) is 3.99. The monoisotopic (exact) mass is 908 g/mol. The summed E-state index contributed by atoms with van der Waals surface area (Å²) < 4.78 is 5.00.